The molecule has 1 atom stereocenters. The predicted octanol–water partition coefficient (Wildman–Crippen LogP) is 2.09. The number of aryl methyl sites for hydroxylation is 1. The van der Waals surface area contributed by atoms with Crippen LogP contribution in [0.3, 0.4) is 0 Å². The van der Waals surface area contributed by atoms with Crippen LogP contribution < -0.4 is 5.73 Å². The van der Waals surface area contributed by atoms with Crippen LogP contribution in [-0.4, -0.2) is 4.98 Å². The number of aromatic nitrogens is 1. The fourth-order valence-electron chi connectivity index (χ4n) is 1.14. The minimum absolute atomic E-state index is 0.107. The van der Waals surface area contributed by atoms with Gasteiger partial charge in [0.1, 0.15) is 0 Å². The predicted molar refractivity (Wildman–Crippen MR) is 51.6 cm³/mol. The number of thiazole rings is 1. The maximum atomic E-state index is 5.98. The summed E-state index contributed by atoms with van der Waals surface area (Å²) in [5.74, 6) is 0. The van der Waals surface area contributed by atoms with Crippen LogP contribution in [0.25, 0.3) is 0 Å². The lowest BCUT2D eigenvalue weighted by molar-refractivity contribution is 0.562. The van der Waals surface area contributed by atoms with E-state index in [2.05, 4.69) is 4.98 Å². The molecule has 13 heavy (non-hydrogen) atoms. The van der Waals surface area contributed by atoms with Gasteiger partial charge in [-0.05, 0) is 13.0 Å². The second-order valence-electron chi connectivity index (χ2n) is 2.82. The molecule has 1 unspecified atom stereocenters. The van der Waals surface area contributed by atoms with Crippen molar-refractivity contribution in [2.75, 3.05) is 0 Å². The fourth-order valence-corrected chi connectivity index (χ4v) is 1.95. The second-order valence-corrected chi connectivity index (χ2v) is 4.08. The van der Waals surface area contributed by atoms with E-state index in [0.717, 1.165) is 15.4 Å². The molecule has 0 saturated carbocycles. The summed E-state index contributed by atoms with van der Waals surface area (Å²) < 4.78 is 4.97. The van der Waals surface area contributed by atoms with E-state index in [4.69, 9.17) is 10.2 Å². The van der Waals surface area contributed by atoms with Crippen LogP contribution in [0.5, 0.6) is 0 Å². The van der Waals surface area contributed by atoms with Gasteiger partial charge in [0.05, 0.1) is 23.6 Å². The molecule has 2 N–H and O–H groups in total. The van der Waals surface area contributed by atoms with E-state index < -0.39 is 0 Å². The average Bonchev–Trinajstić information content (AvgIpc) is 2.72. The second kappa shape index (κ2) is 3.32. The molecule has 0 saturated heterocycles. The molecule has 4 heteroatoms. The molecule has 0 radical (unpaired) electrons. The standard InChI is InChI=1S/C9H10N2OS/c1-6-11-4-8(13-6)9(10)7-2-3-12-5-7/h2-5,9H,10H2,1H3. The van der Waals surface area contributed by atoms with Crippen molar-refractivity contribution in [2.24, 2.45) is 5.73 Å². The quantitative estimate of drug-likeness (QED) is 0.796. The smallest absolute Gasteiger partial charge is 0.0954 e. The summed E-state index contributed by atoms with van der Waals surface area (Å²) in [4.78, 5) is 5.22. The van der Waals surface area contributed by atoms with E-state index >= 15 is 0 Å². The van der Waals surface area contributed by atoms with Crippen LogP contribution in [0.2, 0.25) is 0 Å². The van der Waals surface area contributed by atoms with Gasteiger partial charge in [0, 0.05) is 16.6 Å². The van der Waals surface area contributed by atoms with Gasteiger partial charge in [-0.15, -0.1) is 11.3 Å². The molecule has 2 aromatic heterocycles. The van der Waals surface area contributed by atoms with Crippen LogP contribution in [0.4, 0.5) is 0 Å². The zero-order chi connectivity index (χ0) is 9.26. The number of rotatable bonds is 2. The van der Waals surface area contributed by atoms with Crippen LogP contribution in [-0.2, 0) is 0 Å². The van der Waals surface area contributed by atoms with E-state index in [1.165, 1.54) is 0 Å². The number of hydrogen-bond donors (Lipinski definition) is 1. The Hall–Kier alpha value is -1.13. The summed E-state index contributed by atoms with van der Waals surface area (Å²) in [7, 11) is 0. The van der Waals surface area contributed by atoms with Gasteiger partial charge in [0.25, 0.3) is 0 Å². The van der Waals surface area contributed by atoms with Crippen molar-refractivity contribution in [2.45, 2.75) is 13.0 Å². The number of hydrogen-bond acceptors (Lipinski definition) is 4. The van der Waals surface area contributed by atoms with E-state index in [1.807, 2.05) is 19.2 Å². The van der Waals surface area contributed by atoms with Gasteiger partial charge in [-0.3, -0.25) is 0 Å². The first-order valence-corrected chi connectivity index (χ1v) is 4.79. The zero-order valence-electron chi connectivity index (χ0n) is 7.23. The van der Waals surface area contributed by atoms with Crippen LogP contribution in [0.1, 0.15) is 21.5 Å². The summed E-state index contributed by atoms with van der Waals surface area (Å²) in [5, 5.41) is 1.04. The number of furan rings is 1. The maximum absolute atomic E-state index is 5.98. The van der Waals surface area contributed by atoms with Gasteiger partial charge >= 0.3 is 0 Å². The molecule has 0 amide bonds. The summed E-state index contributed by atoms with van der Waals surface area (Å²) >= 11 is 1.62. The Balaban J connectivity index is 2.28. The monoisotopic (exact) mass is 194 g/mol. The van der Waals surface area contributed by atoms with E-state index in [1.54, 1.807) is 23.9 Å². The molecular weight excluding hydrogens is 184 g/mol. The van der Waals surface area contributed by atoms with Crippen molar-refractivity contribution in [1.82, 2.24) is 4.98 Å². The highest BCUT2D eigenvalue weighted by Crippen LogP contribution is 2.24. The highest BCUT2D eigenvalue weighted by molar-refractivity contribution is 7.11. The lowest BCUT2D eigenvalue weighted by Gasteiger charge is -2.04. The first kappa shape index (κ1) is 8.47. The zero-order valence-corrected chi connectivity index (χ0v) is 8.04. The van der Waals surface area contributed by atoms with Crippen LogP contribution in [0.15, 0.2) is 29.2 Å². The maximum Gasteiger partial charge on any atom is 0.0954 e. The van der Waals surface area contributed by atoms with E-state index in [0.29, 0.717) is 0 Å². The van der Waals surface area contributed by atoms with Crippen molar-refractivity contribution >= 4 is 11.3 Å². The molecule has 68 valence electrons. The number of nitrogens with two attached hydrogens (primary N) is 1. The van der Waals surface area contributed by atoms with Gasteiger partial charge in [-0.2, -0.15) is 0 Å². The van der Waals surface area contributed by atoms with Crippen molar-refractivity contribution in [3.63, 3.8) is 0 Å². The average molecular weight is 194 g/mol. The summed E-state index contributed by atoms with van der Waals surface area (Å²) in [5.41, 5.74) is 6.97. The Kier molecular flexibility index (Phi) is 2.16. The first-order chi connectivity index (χ1) is 6.27. The third-order valence-electron chi connectivity index (χ3n) is 1.85. The molecule has 0 aliphatic carbocycles. The summed E-state index contributed by atoms with van der Waals surface area (Å²) in [6.45, 7) is 1.97. The molecule has 2 aromatic rings. The minimum atomic E-state index is -0.107. The lowest BCUT2D eigenvalue weighted by atomic mass is 10.1. The Bertz CT molecular complexity index is 380. The Morgan fingerprint density at radius 3 is 3.00 bits per heavy atom. The third-order valence-corrected chi connectivity index (χ3v) is 2.84. The van der Waals surface area contributed by atoms with Crippen molar-refractivity contribution < 1.29 is 4.42 Å². The molecule has 0 aliphatic rings. The minimum Gasteiger partial charge on any atom is -0.472 e. The molecule has 0 bridgehead atoms. The first-order valence-electron chi connectivity index (χ1n) is 3.97. The number of nitrogens with zero attached hydrogens (tertiary/aromatic N) is 1. The molecule has 0 spiro atoms. The highest BCUT2D eigenvalue weighted by atomic mass is 32.1. The third kappa shape index (κ3) is 1.64. The van der Waals surface area contributed by atoms with Gasteiger partial charge in [-0.1, -0.05) is 0 Å². The fraction of sp³-hybridized carbons (Fsp3) is 0.222. The van der Waals surface area contributed by atoms with Crippen molar-refractivity contribution in [3.8, 4) is 0 Å². The Labute approximate surface area is 80.2 Å². The Morgan fingerprint density at radius 1 is 1.62 bits per heavy atom. The summed E-state index contributed by atoms with van der Waals surface area (Å²) in [6.07, 6.45) is 5.11. The molecule has 2 heterocycles. The lowest BCUT2D eigenvalue weighted by Crippen LogP contribution is -2.08. The van der Waals surface area contributed by atoms with E-state index in [-0.39, 0.29) is 6.04 Å². The Morgan fingerprint density at radius 2 is 2.46 bits per heavy atom. The molecule has 0 aliphatic heterocycles. The van der Waals surface area contributed by atoms with Gasteiger partial charge in [-0.25, -0.2) is 4.98 Å². The van der Waals surface area contributed by atoms with Gasteiger partial charge in [0.2, 0.25) is 0 Å². The van der Waals surface area contributed by atoms with Crippen LogP contribution >= 0.6 is 11.3 Å². The molecule has 3 nitrogen and oxygen atoms in total. The van der Waals surface area contributed by atoms with Gasteiger partial charge in [0.15, 0.2) is 0 Å². The normalized spacial score (nSPS) is 13.1. The topological polar surface area (TPSA) is 52.0 Å². The SMILES string of the molecule is Cc1ncc(C(N)c2ccoc2)s1. The largest absolute Gasteiger partial charge is 0.472 e. The van der Waals surface area contributed by atoms with Crippen molar-refractivity contribution in [3.05, 3.63) is 40.2 Å². The molecule has 0 fully saturated rings. The molecule has 2 rings (SSSR count). The molecule has 0 aromatic carbocycles. The van der Waals surface area contributed by atoms with Crippen molar-refractivity contribution in [1.29, 1.82) is 0 Å². The summed E-state index contributed by atoms with van der Waals surface area (Å²) in [6, 6.07) is 1.77. The van der Waals surface area contributed by atoms with E-state index in [9.17, 15) is 0 Å². The van der Waals surface area contributed by atoms with Crippen LogP contribution in [0, 0.1) is 6.92 Å². The molecular formula is C9H10N2OS. The highest BCUT2D eigenvalue weighted by Gasteiger charge is 2.12. The van der Waals surface area contributed by atoms with Gasteiger partial charge < -0.3 is 10.2 Å².